The van der Waals surface area contributed by atoms with Gasteiger partial charge in [0.25, 0.3) is 11.8 Å². The highest BCUT2D eigenvalue weighted by Crippen LogP contribution is 2.40. The maximum Gasteiger partial charge on any atom is 0.416 e. The lowest BCUT2D eigenvalue weighted by molar-refractivity contribution is -0.201. The van der Waals surface area contributed by atoms with Crippen molar-refractivity contribution < 1.29 is 41.0 Å². The Morgan fingerprint density at radius 3 is 1.85 bits per heavy atom. The van der Waals surface area contributed by atoms with Crippen molar-refractivity contribution in [1.29, 1.82) is 0 Å². The Balaban J connectivity index is 1.62. The van der Waals surface area contributed by atoms with E-state index >= 15 is 0 Å². The van der Waals surface area contributed by atoms with Gasteiger partial charge in [0.1, 0.15) is 6.04 Å². The Kier molecular flexibility index (Phi) is 6.54. The van der Waals surface area contributed by atoms with Gasteiger partial charge in [-0.1, -0.05) is 6.07 Å². The Labute approximate surface area is 222 Å². The fourth-order valence-corrected chi connectivity index (χ4v) is 5.18. The summed E-state index contributed by atoms with van der Waals surface area (Å²) in [5.74, 6) is -1.59. The third-order valence-corrected chi connectivity index (χ3v) is 6.93. The first kappa shape index (κ1) is 27.5. The average Bonchev–Trinajstić information content (AvgIpc) is 3.51. The van der Waals surface area contributed by atoms with Crippen LogP contribution in [0.25, 0.3) is 33.0 Å². The molecule has 13 heteroatoms. The number of aromatic nitrogens is 2. The zero-order valence-electron chi connectivity index (χ0n) is 21.0. The number of likely N-dealkylation sites (N-methyl/N-ethyl adjacent to an activating group) is 1. The van der Waals surface area contributed by atoms with E-state index in [1.165, 1.54) is 44.7 Å². The first-order chi connectivity index (χ1) is 18.7. The van der Waals surface area contributed by atoms with E-state index in [2.05, 4.69) is 15.3 Å². The quantitative estimate of drug-likeness (QED) is 0.203. The normalized spacial score (nSPS) is 16.4. The van der Waals surface area contributed by atoms with Gasteiger partial charge in [-0.15, -0.1) is 0 Å². The summed E-state index contributed by atoms with van der Waals surface area (Å²) in [4.78, 5) is 32.5. The van der Waals surface area contributed by atoms with Crippen LogP contribution in [0, 0.1) is 0 Å². The van der Waals surface area contributed by atoms with Crippen molar-refractivity contribution in [3.8, 4) is 0 Å². The molecular weight excluding hydrogens is 542 g/mol. The van der Waals surface area contributed by atoms with Crippen molar-refractivity contribution in [2.24, 2.45) is 0 Å². The summed E-state index contributed by atoms with van der Waals surface area (Å²) >= 11 is 0. The zero-order chi connectivity index (χ0) is 29.1. The summed E-state index contributed by atoms with van der Waals surface area (Å²) in [6, 6.07) is 5.49. The number of aromatic amines is 2. The summed E-state index contributed by atoms with van der Waals surface area (Å²) in [6.45, 7) is 0. The minimum absolute atomic E-state index is 0.0812. The van der Waals surface area contributed by atoms with Gasteiger partial charge in [0.15, 0.2) is 0 Å². The van der Waals surface area contributed by atoms with E-state index in [-0.39, 0.29) is 34.1 Å². The molecule has 2 amide bonds. The summed E-state index contributed by atoms with van der Waals surface area (Å²) in [5, 5.41) is 13.1. The number of fused-ring (bicyclic) bond motifs is 2. The molecule has 7 nitrogen and oxygen atoms in total. The molecule has 3 heterocycles. The number of rotatable bonds is 6. The Bertz CT molecular complexity index is 1680. The molecule has 210 valence electrons. The minimum Gasteiger partial charge on any atom is -0.391 e. The maximum atomic E-state index is 13.5. The summed E-state index contributed by atoms with van der Waals surface area (Å²) in [7, 11) is 2.42. The highest BCUT2D eigenvalue weighted by molar-refractivity contribution is 6.50. The molecule has 2 unspecified atom stereocenters. The van der Waals surface area contributed by atoms with Crippen molar-refractivity contribution in [1.82, 2.24) is 20.2 Å². The van der Waals surface area contributed by atoms with Crippen LogP contribution in [0.2, 0.25) is 0 Å². The molecule has 2 aromatic carbocycles. The van der Waals surface area contributed by atoms with Crippen LogP contribution in [0.4, 0.5) is 26.3 Å². The number of nitrogens with zero attached hydrogens (tertiary/aromatic N) is 1. The molecule has 0 saturated carbocycles. The first-order valence-corrected chi connectivity index (χ1v) is 12.0. The van der Waals surface area contributed by atoms with E-state index in [1.807, 2.05) is 0 Å². The van der Waals surface area contributed by atoms with Gasteiger partial charge in [0.05, 0.1) is 22.8 Å². The van der Waals surface area contributed by atoms with Gasteiger partial charge in [0, 0.05) is 51.7 Å². The van der Waals surface area contributed by atoms with Crippen LogP contribution < -0.4 is 5.32 Å². The molecule has 0 bridgehead atoms. The third kappa shape index (κ3) is 4.75. The first-order valence-electron chi connectivity index (χ1n) is 12.0. The number of aliphatic hydroxyl groups is 1. The molecule has 0 spiro atoms. The van der Waals surface area contributed by atoms with Crippen LogP contribution in [0.1, 0.15) is 22.3 Å². The van der Waals surface area contributed by atoms with Gasteiger partial charge in [-0.25, -0.2) is 0 Å². The lowest BCUT2D eigenvalue weighted by Crippen LogP contribution is -2.50. The number of alkyl halides is 6. The number of H-pyrrole nitrogens is 2. The fraction of sp³-hybridized carbons (Fsp3) is 0.259. The molecule has 1 aliphatic rings. The number of aliphatic hydroxyl groups excluding tert-OH is 1. The average molecular weight is 564 g/mol. The molecule has 40 heavy (non-hydrogen) atoms. The Morgan fingerprint density at radius 2 is 1.35 bits per heavy atom. The molecule has 0 saturated heterocycles. The van der Waals surface area contributed by atoms with Gasteiger partial charge < -0.3 is 15.1 Å². The van der Waals surface area contributed by atoms with Crippen molar-refractivity contribution >= 4 is 44.8 Å². The van der Waals surface area contributed by atoms with Crippen molar-refractivity contribution in [2.45, 2.75) is 30.9 Å². The molecule has 4 N–H and O–H groups in total. The second-order valence-corrected chi connectivity index (χ2v) is 9.80. The molecule has 2 aromatic heterocycles. The van der Waals surface area contributed by atoms with E-state index in [1.54, 1.807) is 6.07 Å². The summed E-state index contributed by atoms with van der Waals surface area (Å²) in [6.07, 6.45) is -8.69. The third-order valence-electron chi connectivity index (χ3n) is 6.93. The highest BCUT2D eigenvalue weighted by Gasteiger charge is 2.45. The predicted molar refractivity (Wildman–Crippen MR) is 135 cm³/mol. The van der Waals surface area contributed by atoms with Crippen LogP contribution in [0.15, 0.2) is 48.8 Å². The number of amides is 2. The number of halogens is 6. The fourth-order valence-electron chi connectivity index (χ4n) is 5.18. The molecule has 5 rings (SSSR count). The number of imide groups is 1. The SMILES string of the molecule is CN(C)C(C(O)Cc1ccc2[nH]cc(C3=C(c4c[nH]c5ccc(C(F)(F)F)cc45)C(=O)NC3=O)c2c1)C(F)(F)F. The van der Waals surface area contributed by atoms with E-state index in [0.29, 0.717) is 22.0 Å². The maximum absolute atomic E-state index is 13.5. The topological polar surface area (TPSA) is 101 Å². The molecule has 0 fully saturated rings. The number of benzene rings is 2. The monoisotopic (exact) mass is 564 g/mol. The predicted octanol–water partition coefficient (Wildman–Crippen LogP) is 4.63. The highest BCUT2D eigenvalue weighted by atomic mass is 19.4. The van der Waals surface area contributed by atoms with Crippen LogP contribution in [-0.2, 0) is 22.2 Å². The van der Waals surface area contributed by atoms with Crippen LogP contribution in [0.5, 0.6) is 0 Å². The lowest BCUT2D eigenvalue weighted by atomic mass is 9.94. The van der Waals surface area contributed by atoms with Gasteiger partial charge >= 0.3 is 12.4 Å². The van der Waals surface area contributed by atoms with Gasteiger partial charge in [-0.2, -0.15) is 26.3 Å². The summed E-state index contributed by atoms with van der Waals surface area (Å²) < 4.78 is 80.7. The number of hydrogen-bond acceptors (Lipinski definition) is 4. The van der Waals surface area contributed by atoms with Crippen molar-refractivity contribution in [3.05, 3.63) is 71.0 Å². The van der Waals surface area contributed by atoms with E-state index in [0.717, 1.165) is 17.0 Å². The molecule has 0 radical (unpaired) electrons. The number of carbonyl (C=O) groups excluding carboxylic acids is 2. The second-order valence-electron chi connectivity index (χ2n) is 9.80. The molecule has 1 aliphatic heterocycles. The van der Waals surface area contributed by atoms with Crippen molar-refractivity contribution in [2.75, 3.05) is 14.1 Å². The second kappa shape index (κ2) is 9.52. The van der Waals surface area contributed by atoms with Gasteiger partial charge in [0.2, 0.25) is 0 Å². The smallest absolute Gasteiger partial charge is 0.391 e. The largest absolute Gasteiger partial charge is 0.416 e. The number of nitrogens with one attached hydrogen (secondary N) is 3. The zero-order valence-corrected chi connectivity index (χ0v) is 21.0. The number of carbonyl (C=O) groups is 2. The number of hydrogen-bond donors (Lipinski definition) is 4. The lowest BCUT2D eigenvalue weighted by Gasteiger charge is -2.30. The minimum atomic E-state index is -4.68. The van der Waals surface area contributed by atoms with E-state index in [9.17, 15) is 41.0 Å². The molecule has 4 aromatic rings. The standard InChI is InChI=1S/C27H22F6N4O3/c1-37(2)23(27(31,32)33)20(38)8-12-3-5-18-14(7-12)16(10-34-18)21-22(25(40)36-24(21)39)17-11-35-19-6-4-13(9-15(17)19)26(28,29)30/h3-7,9-11,20,23,34-35,38H,8H2,1-2H3,(H,36,39,40). The van der Waals surface area contributed by atoms with Gasteiger partial charge in [-0.3, -0.25) is 19.8 Å². The van der Waals surface area contributed by atoms with Crippen molar-refractivity contribution in [3.63, 3.8) is 0 Å². The van der Waals surface area contributed by atoms with Crippen LogP contribution in [-0.4, -0.2) is 64.2 Å². The van der Waals surface area contributed by atoms with Crippen LogP contribution >= 0.6 is 0 Å². The molecule has 2 atom stereocenters. The molecular formula is C27H22F6N4O3. The van der Waals surface area contributed by atoms with Crippen LogP contribution in [0.3, 0.4) is 0 Å². The van der Waals surface area contributed by atoms with E-state index < -0.39 is 41.9 Å². The van der Waals surface area contributed by atoms with Gasteiger partial charge in [-0.05, 0) is 50.0 Å². The summed E-state index contributed by atoms with van der Waals surface area (Å²) in [5.41, 5.74) is 0.275. The Hall–Kier alpha value is -4.10. The van der Waals surface area contributed by atoms with E-state index in [4.69, 9.17) is 0 Å². The molecule has 0 aliphatic carbocycles. The Morgan fingerprint density at radius 1 is 0.825 bits per heavy atom.